The molecule has 3 atom stereocenters. The molecule has 4 heteroatoms. The summed E-state index contributed by atoms with van der Waals surface area (Å²) in [6.45, 7) is 5.57. The van der Waals surface area contributed by atoms with E-state index in [0.717, 1.165) is 24.2 Å². The monoisotopic (exact) mass is 274 g/mol. The van der Waals surface area contributed by atoms with E-state index in [-0.39, 0.29) is 6.04 Å². The molecule has 0 radical (unpaired) electrons. The number of hydrogen-bond donors (Lipinski definition) is 1. The van der Waals surface area contributed by atoms with Crippen molar-refractivity contribution in [3.8, 4) is 0 Å². The molecule has 0 spiro atoms. The summed E-state index contributed by atoms with van der Waals surface area (Å²) in [5.74, 6) is 0.815. The molecule has 2 unspecified atom stereocenters. The van der Waals surface area contributed by atoms with Gasteiger partial charge >= 0.3 is 0 Å². The number of nitrogens with two attached hydrogens (primary N) is 1. The number of aromatic nitrogens is 1. The number of piperidine rings is 2. The number of likely N-dealkylation sites (tertiary alicyclic amines) is 1. The summed E-state index contributed by atoms with van der Waals surface area (Å²) in [4.78, 5) is 9.55. The zero-order valence-electron chi connectivity index (χ0n) is 12.6. The molecule has 2 N–H and O–H groups in total. The summed E-state index contributed by atoms with van der Waals surface area (Å²) in [7, 11) is 2.28. The van der Waals surface area contributed by atoms with Crippen LogP contribution in [-0.4, -0.2) is 42.6 Å². The Kier molecular flexibility index (Phi) is 3.94. The van der Waals surface area contributed by atoms with E-state index in [9.17, 15) is 0 Å². The average Bonchev–Trinajstić information content (AvgIpc) is 2.47. The lowest BCUT2D eigenvalue weighted by Gasteiger charge is -2.46. The second-order valence-corrected chi connectivity index (χ2v) is 6.41. The number of hydrogen-bond acceptors (Lipinski definition) is 4. The molecule has 3 rings (SSSR count). The van der Waals surface area contributed by atoms with Crippen molar-refractivity contribution < 1.29 is 0 Å². The fraction of sp³-hybridized carbons (Fsp3) is 0.688. The van der Waals surface area contributed by atoms with Gasteiger partial charge in [-0.15, -0.1) is 0 Å². The van der Waals surface area contributed by atoms with E-state index in [1.165, 1.54) is 38.0 Å². The molecule has 0 aromatic carbocycles. The Labute approximate surface area is 122 Å². The average molecular weight is 274 g/mol. The van der Waals surface area contributed by atoms with Gasteiger partial charge in [0.25, 0.3) is 0 Å². The second kappa shape index (κ2) is 5.70. The minimum absolute atomic E-state index is 0.0155. The zero-order valence-corrected chi connectivity index (χ0v) is 12.6. The van der Waals surface area contributed by atoms with Crippen molar-refractivity contribution in [1.29, 1.82) is 0 Å². The summed E-state index contributed by atoms with van der Waals surface area (Å²) in [5, 5.41) is 0. The van der Waals surface area contributed by atoms with Crippen LogP contribution in [0.5, 0.6) is 0 Å². The first kappa shape index (κ1) is 13.8. The van der Waals surface area contributed by atoms with Crippen molar-refractivity contribution in [2.75, 3.05) is 31.6 Å². The first-order valence-electron chi connectivity index (χ1n) is 7.82. The standard InChI is InChI=1S/C16H26N4/c1-12(17)15-6-5-14(10-18-15)20-9-7-16-13(11-20)4-3-8-19(16)2/h5-6,10,12-13,16H,3-4,7-9,11,17H2,1-2H3/t12-,13?,16?/m1/s1. The van der Waals surface area contributed by atoms with Crippen molar-refractivity contribution in [2.24, 2.45) is 11.7 Å². The van der Waals surface area contributed by atoms with Gasteiger partial charge < -0.3 is 15.5 Å². The summed E-state index contributed by atoms with van der Waals surface area (Å²) < 4.78 is 0. The van der Waals surface area contributed by atoms with Crippen LogP contribution < -0.4 is 10.6 Å². The van der Waals surface area contributed by atoms with Crippen LogP contribution in [0.2, 0.25) is 0 Å². The summed E-state index contributed by atoms with van der Waals surface area (Å²) >= 11 is 0. The van der Waals surface area contributed by atoms with Gasteiger partial charge in [-0.1, -0.05) is 0 Å². The smallest absolute Gasteiger partial charge is 0.0569 e. The van der Waals surface area contributed by atoms with Crippen LogP contribution in [0.4, 0.5) is 5.69 Å². The van der Waals surface area contributed by atoms with E-state index in [1.807, 2.05) is 13.1 Å². The van der Waals surface area contributed by atoms with Gasteiger partial charge in [0.15, 0.2) is 0 Å². The molecule has 1 aromatic heterocycles. The van der Waals surface area contributed by atoms with Gasteiger partial charge in [0.1, 0.15) is 0 Å². The van der Waals surface area contributed by atoms with Gasteiger partial charge in [-0.2, -0.15) is 0 Å². The lowest BCUT2D eigenvalue weighted by Crippen LogP contribution is -2.52. The molecule has 0 amide bonds. The molecule has 2 fully saturated rings. The highest BCUT2D eigenvalue weighted by atomic mass is 15.2. The fourth-order valence-electron chi connectivity index (χ4n) is 3.74. The maximum absolute atomic E-state index is 5.86. The Morgan fingerprint density at radius 2 is 2.15 bits per heavy atom. The molecular weight excluding hydrogens is 248 g/mol. The predicted octanol–water partition coefficient (Wildman–Crippen LogP) is 2.02. The van der Waals surface area contributed by atoms with Crippen LogP contribution in [0.25, 0.3) is 0 Å². The third-order valence-electron chi connectivity index (χ3n) is 4.95. The highest BCUT2D eigenvalue weighted by Gasteiger charge is 2.34. The van der Waals surface area contributed by atoms with Gasteiger partial charge in [-0.25, -0.2) is 0 Å². The molecular formula is C16H26N4. The maximum atomic E-state index is 5.86. The van der Waals surface area contributed by atoms with Gasteiger partial charge in [0.2, 0.25) is 0 Å². The summed E-state index contributed by atoms with van der Waals surface area (Å²) in [5.41, 5.74) is 8.09. The number of fused-ring (bicyclic) bond motifs is 1. The third-order valence-corrected chi connectivity index (χ3v) is 4.95. The zero-order chi connectivity index (χ0) is 14.1. The molecule has 0 bridgehead atoms. The number of anilines is 1. The van der Waals surface area contributed by atoms with E-state index >= 15 is 0 Å². The third kappa shape index (κ3) is 2.67. The lowest BCUT2D eigenvalue weighted by molar-refractivity contribution is 0.102. The minimum atomic E-state index is 0.0155. The minimum Gasteiger partial charge on any atom is -0.370 e. The van der Waals surface area contributed by atoms with Crippen LogP contribution >= 0.6 is 0 Å². The second-order valence-electron chi connectivity index (χ2n) is 6.41. The normalized spacial score (nSPS) is 29.1. The molecule has 1 aromatic rings. The van der Waals surface area contributed by atoms with Crippen LogP contribution in [0.3, 0.4) is 0 Å². The van der Waals surface area contributed by atoms with E-state index < -0.39 is 0 Å². The van der Waals surface area contributed by atoms with Crippen LogP contribution in [-0.2, 0) is 0 Å². The van der Waals surface area contributed by atoms with E-state index in [2.05, 4.69) is 34.0 Å². The largest absolute Gasteiger partial charge is 0.370 e. The summed E-state index contributed by atoms with van der Waals surface area (Å²) in [6, 6.07) is 5.05. The molecule has 2 aliphatic rings. The lowest BCUT2D eigenvalue weighted by atomic mass is 9.84. The highest BCUT2D eigenvalue weighted by Crippen LogP contribution is 2.31. The Balaban J connectivity index is 1.69. The van der Waals surface area contributed by atoms with Gasteiger partial charge in [0, 0.05) is 25.2 Å². The molecule has 3 heterocycles. The van der Waals surface area contributed by atoms with Gasteiger partial charge in [-0.05, 0) is 57.8 Å². The first-order valence-corrected chi connectivity index (χ1v) is 7.82. The molecule has 20 heavy (non-hydrogen) atoms. The first-order chi connectivity index (χ1) is 9.65. The maximum Gasteiger partial charge on any atom is 0.0569 e. The van der Waals surface area contributed by atoms with Crippen LogP contribution in [0, 0.1) is 5.92 Å². The number of pyridine rings is 1. The van der Waals surface area contributed by atoms with Crippen molar-refractivity contribution in [3.63, 3.8) is 0 Å². The van der Waals surface area contributed by atoms with E-state index in [1.54, 1.807) is 0 Å². The molecule has 2 saturated heterocycles. The molecule has 0 aliphatic carbocycles. The molecule has 0 saturated carbocycles. The Morgan fingerprint density at radius 3 is 2.85 bits per heavy atom. The van der Waals surface area contributed by atoms with Crippen LogP contribution in [0.15, 0.2) is 18.3 Å². The van der Waals surface area contributed by atoms with Crippen molar-refractivity contribution in [2.45, 2.75) is 38.3 Å². The Morgan fingerprint density at radius 1 is 1.30 bits per heavy atom. The Hall–Kier alpha value is -1.13. The number of rotatable bonds is 2. The van der Waals surface area contributed by atoms with Gasteiger partial charge in [-0.3, -0.25) is 4.98 Å². The topological polar surface area (TPSA) is 45.4 Å². The highest BCUT2D eigenvalue weighted by molar-refractivity contribution is 5.45. The Bertz CT molecular complexity index is 442. The van der Waals surface area contributed by atoms with Crippen molar-refractivity contribution in [1.82, 2.24) is 9.88 Å². The van der Waals surface area contributed by atoms with Crippen molar-refractivity contribution >= 4 is 5.69 Å². The SMILES string of the molecule is C[C@@H](N)c1ccc(N2CCC3C(CCCN3C)C2)cn1. The van der Waals surface area contributed by atoms with Crippen LogP contribution in [0.1, 0.15) is 37.9 Å². The van der Waals surface area contributed by atoms with E-state index in [0.29, 0.717) is 0 Å². The van der Waals surface area contributed by atoms with E-state index in [4.69, 9.17) is 5.73 Å². The molecule has 110 valence electrons. The number of nitrogens with zero attached hydrogens (tertiary/aromatic N) is 3. The van der Waals surface area contributed by atoms with Crippen molar-refractivity contribution in [3.05, 3.63) is 24.0 Å². The molecule has 2 aliphatic heterocycles. The predicted molar refractivity (Wildman–Crippen MR) is 82.8 cm³/mol. The molecule has 4 nitrogen and oxygen atoms in total. The fourth-order valence-corrected chi connectivity index (χ4v) is 3.74. The van der Waals surface area contributed by atoms with Gasteiger partial charge in [0.05, 0.1) is 17.6 Å². The quantitative estimate of drug-likeness (QED) is 0.896. The summed E-state index contributed by atoms with van der Waals surface area (Å²) in [6.07, 6.45) is 5.98.